The maximum absolute atomic E-state index is 9.22. The summed E-state index contributed by atoms with van der Waals surface area (Å²) in [5.74, 6) is 1.74. The smallest absolute Gasteiger partial charge is 0.170 e. The van der Waals surface area contributed by atoms with E-state index >= 15 is 0 Å². The molecule has 6 heteroatoms. The Balaban J connectivity index is 2.24. The summed E-state index contributed by atoms with van der Waals surface area (Å²) in [6, 6.07) is 0. The molecule has 1 unspecified atom stereocenters. The van der Waals surface area contributed by atoms with Gasteiger partial charge in [0.15, 0.2) is 4.34 Å². The second-order valence-corrected chi connectivity index (χ2v) is 4.95. The van der Waals surface area contributed by atoms with E-state index in [9.17, 15) is 5.11 Å². The fourth-order valence-corrected chi connectivity index (χ4v) is 2.65. The van der Waals surface area contributed by atoms with E-state index in [1.807, 2.05) is 6.92 Å². The van der Waals surface area contributed by atoms with Crippen LogP contribution in [0.4, 0.5) is 0 Å². The first-order valence-electron chi connectivity index (χ1n) is 4.59. The summed E-state index contributed by atoms with van der Waals surface area (Å²) in [4.78, 5) is 4.31. The zero-order valence-corrected chi connectivity index (χ0v) is 9.77. The highest BCUT2D eigenvalue weighted by Gasteiger charge is 2.05. The average Bonchev–Trinajstić information content (AvgIpc) is 2.65. The number of aromatic nitrogens is 2. The monoisotopic (exact) mass is 233 g/mol. The number of aryl methyl sites for hydroxylation is 1. The van der Waals surface area contributed by atoms with Gasteiger partial charge in [-0.05, 0) is 18.0 Å². The summed E-state index contributed by atoms with van der Waals surface area (Å²) in [6.45, 7) is 2.37. The summed E-state index contributed by atoms with van der Waals surface area (Å²) in [5, 5.41) is 9.22. The number of thioether (sulfide) groups is 1. The molecular weight excluding hydrogens is 218 g/mol. The van der Waals surface area contributed by atoms with Crippen molar-refractivity contribution in [2.75, 3.05) is 12.3 Å². The molecule has 0 aliphatic heterocycles. The molecule has 1 rings (SSSR count). The van der Waals surface area contributed by atoms with E-state index in [1.165, 1.54) is 11.5 Å². The molecule has 3 N–H and O–H groups in total. The number of rotatable bonds is 6. The molecule has 0 aliphatic carbocycles. The Kier molecular flexibility index (Phi) is 5.39. The average molecular weight is 233 g/mol. The SMILES string of the molecule is CCc1nsc(SCCC(O)CN)n1. The molecule has 0 spiro atoms. The van der Waals surface area contributed by atoms with Gasteiger partial charge < -0.3 is 10.8 Å². The first-order chi connectivity index (χ1) is 6.76. The number of aliphatic hydroxyl groups is 1. The predicted molar refractivity (Wildman–Crippen MR) is 59.7 cm³/mol. The lowest BCUT2D eigenvalue weighted by Crippen LogP contribution is -2.19. The van der Waals surface area contributed by atoms with Gasteiger partial charge in [-0.15, -0.1) is 0 Å². The van der Waals surface area contributed by atoms with Crippen LogP contribution in [0.15, 0.2) is 4.34 Å². The van der Waals surface area contributed by atoms with Crippen molar-refractivity contribution >= 4 is 23.3 Å². The van der Waals surface area contributed by atoms with Crippen LogP contribution in [0.25, 0.3) is 0 Å². The van der Waals surface area contributed by atoms with Crippen molar-refractivity contribution in [2.45, 2.75) is 30.2 Å². The number of hydrogen-bond acceptors (Lipinski definition) is 6. The van der Waals surface area contributed by atoms with E-state index in [2.05, 4.69) is 9.36 Å². The van der Waals surface area contributed by atoms with Crippen molar-refractivity contribution in [1.29, 1.82) is 0 Å². The molecule has 80 valence electrons. The molecule has 1 aromatic heterocycles. The van der Waals surface area contributed by atoms with Gasteiger partial charge in [0.25, 0.3) is 0 Å². The molecule has 1 heterocycles. The Morgan fingerprint density at radius 3 is 3.00 bits per heavy atom. The maximum atomic E-state index is 9.22. The molecule has 0 bridgehead atoms. The standard InChI is InChI=1S/C8H15N3OS2/c1-2-7-10-8(14-11-7)13-4-3-6(12)5-9/h6,12H,2-5,9H2,1H3. The predicted octanol–water partition coefficient (Wildman–Crippen LogP) is 0.902. The van der Waals surface area contributed by atoms with Crippen LogP contribution >= 0.6 is 23.3 Å². The van der Waals surface area contributed by atoms with Crippen molar-refractivity contribution in [1.82, 2.24) is 9.36 Å². The van der Waals surface area contributed by atoms with Crippen molar-refractivity contribution < 1.29 is 5.11 Å². The molecule has 0 radical (unpaired) electrons. The normalized spacial score (nSPS) is 13.1. The van der Waals surface area contributed by atoms with Gasteiger partial charge in [-0.3, -0.25) is 0 Å². The number of nitrogens with two attached hydrogens (primary N) is 1. The Hall–Kier alpha value is -0.170. The van der Waals surface area contributed by atoms with Crippen LogP contribution in [0.1, 0.15) is 19.2 Å². The Morgan fingerprint density at radius 2 is 2.43 bits per heavy atom. The van der Waals surface area contributed by atoms with Gasteiger partial charge in [-0.25, -0.2) is 4.98 Å². The first-order valence-corrected chi connectivity index (χ1v) is 6.35. The van der Waals surface area contributed by atoms with E-state index in [0.717, 1.165) is 22.3 Å². The van der Waals surface area contributed by atoms with Crippen molar-refractivity contribution in [3.8, 4) is 0 Å². The van der Waals surface area contributed by atoms with Crippen LogP contribution in [-0.4, -0.2) is 32.9 Å². The first kappa shape index (κ1) is 11.9. The minimum atomic E-state index is -0.388. The number of hydrogen-bond donors (Lipinski definition) is 2. The topological polar surface area (TPSA) is 72.0 Å². The van der Waals surface area contributed by atoms with E-state index in [1.54, 1.807) is 11.8 Å². The van der Waals surface area contributed by atoms with Crippen molar-refractivity contribution in [3.05, 3.63) is 5.82 Å². The zero-order chi connectivity index (χ0) is 10.4. The largest absolute Gasteiger partial charge is 0.392 e. The van der Waals surface area contributed by atoms with Gasteiger partial charge in [0.2, 0.25) is 0 Å². The van der Waals surface area contributed by atoms with E-state index < -0.39 is 0 Å². The summed E-state index contributed by atoms with van der Waals surface area (Å²) in [6.07, 6.45) is 1.20. The van der Waals surface area contributed by atoms with Gasteiger partial charge in [0.1, 0.15) is 5.82 Å². The fraction of sp³-hybridized carbons (Fsp3) is 0.750. The summed E-state index contributed by atoms with van der Waals surface area (Å²) in [7, 11) is 0. The van der Waals surface area contributed by atoms with Gasteiger partial charge in [0.05, 0.1) is 6.10 Å². The molecule has 4 nitrogen and oxygen atoms in total. The molecule has 14 heavy (non-hydrogen) atoms. The number of nitrogens with zero attached hydrogens (tertiary/aromatic N) is 2. The van der Waals surface area contributed by atoms with Gasteiger partial charge >= 0.3 is 0 Å². The van der Waals surface area contributed by atoms with Crippen LogP contribution in [0.2, 0.25) is 0 Å². The Labute approximate surface area is 92.1 Å². The molecule has 1 aromatic rings. The van der Waals surface area contributed by atoms with E-state index in [-0.39, 0.29) is 6.10 Å². The van der Waals surface area contributed by atoms with Crippen LogP contribution < -0.4 is 5.73 Å². The van der Waals surface area contributed by atoms with Crippen LogP contribution in [0.5, 0.6) is 0 Å². The van der Waals surface area contributed by atoms with Crippen molar-refractivity contribution in [3.63, 3.8) is 0 Å². The lowest BCUT2D eigenvalue weighted by atomic mass is 10.3. The molecule has 0 amide bonds. The summed E-state index contributed by atoms with van der Waals surface area (Å²) >= 11 is 3.05. The van der Waals surface area contributed by atoms with Gasteiger partial charge in [0, 0.05) is 18.7 Å². The quantitative estimate of drug-likeness (QED) is 0.714. The zero-order valence-electron chi connectivity index (χ0n) is 8.14. The van der Waals surface area contributed by atoms with E-state index in [0.29, 0.717) is 13.0 Å². The molecule has 0 saturated carbocycles. The summed E-state index contributed by atoms with van der Waals surface area (Å²) < 4.78 is 5.15. The highest BCUT2D eigenvalue weighted by atomic mass is 32.2. The third-order valence-electron chi connectivity index (χ3n) is 1.71. The highest BCUT2D eigenvalue weighted by Crippen LogP contribution is 2.21. The lowest BCUT2D eigenvalue weighted by molar-refractivity contribution is 0.180. The second-order valence-electron chi connectivity index (χ2n) is 2.86. The van der Waals surface area contributed by atoms with Crippen LogP contribution in [0.3, 0.4) is 0 Å². The Morgan fingerprint density at radius 1 is 1.64 bits per heavy atom. The molecule has 0 aromatic carbocycles. The van der Waals surface area contributed by atoms with Gasteiger partial charge in [-0.2, -0.15) is 4.37 Å². The second kappa shape index (κ2) is 6.34. The molecule has 1 atom stereocenters. The van der Waals surface area contributed by atoms with Crippen LogP contribution in [-0.2, 0) is 6.42 Å². The third-order valence-corrected chi connectivity index (χ3v) is 3.62. The summed E-state index contributed by atoms with van der Waals surface area (Å²) in [5.41, 5.74) is 5.29. The molecular formula is C8H15N3OS2. The third kappa shape index (κ3) is 3.91. The van der Waals surface area contributed by atoms with Crippen LogP contribution in [0, 0.1) is 0 Å². The van der Waals surface area contributed by atoms with Gasteiger partial charge in [-0.1, -0.05) is 18.7 Å². The lowest BCUT2D eigenvalue weighted by Gasteiger charge is -2.04. The molecule has 0 saturated heterocycles. The molecule has 0 fully saturated rings. The fourth-order valence-electron chi connectivity index (χ4n) is 0.840. The highest BCUT2D eigenvalue weighted by molar-refractivity contribution is 8.00. The maximum Gasteiger partial charge on any atom is 0.170 e. The van der Waals surface area contributed by atoms with E-state index in [4.69, 9.17) is 5.73 Å². The Bertz CT molecular complexity index is 267. The minimum Gasteiger partial charge on any atom is -0.392 e. The van der Waals surface area contributed by atoms with Crippen molar-refractivity contribution in [2.24, 2.45) is 5.73 Å². The molecule has 0 aliphatic rings. The minimum absolute atomic E-state index is 0.330. The number of aliphatic hydroxyl groups excluding tert-OH is 1.